The number of hydrogen-bond acceptors (Lipinski definition) is 5. The first-order valence-corrected chi connectivity index (χ1v) is 6.87. The standard InChI is InChI=1S/C13H21N3O3/c1-3-10-14-11(19-15-10)9-16-7-5-13(4-2,6-8-16)12(17)18/h3-9H2,1-2H3,(H,17,18). The Morgan fingerprint density at radius 3 is 2.58 bits per heavy atom. The summed E-state index contributed by atoms with van der Waals surface area (Å²) in [5.41, 5.74) is -0.542. The molecular formula is C13H21N3O3. The lowest BCUT2D eigenvalue weighted by Gasteiger charge is -2.37. The SMILES string of the molecule is CCc1noc(CN2CCC(CC)(C(=O)O)CC2)n1. The topological polar surface area (TPSA) is 79.5 Å². The number of likely N-dealkylation sites (tertiary alicyclic amines) is 1. The van der Waals surface area contributed by atoms with E-state index in [1.165, 1.54) is 0 Å². The van der Waals surface area contributed by atoms with Crippen molar-refractivity contribution in [3.63, 3.8) is 0 Å². The summed E-state index contributed by atoms with van der Waals surface area (Å²) in [6, 6.07) is 0. The Bertz CT molecular complexity index is 436. The van der Waals surface area contributed by atoms with Crippen molar-refractivity contribution in [2.24, 2.45) is 5.41 Å². The molecule has 2 rings (SSSR count). The van der Waals surface area contributed by atoms with Crippen LogP contribution in [0.15, 0.2) is 4.52 Å². The third-order valence-electron chi connectivity index (χ3n) is 4.13. The van der Waals surface area contributed by atoms with E-state index in [2.05, 4.69) is 15.0 Å². The van der Waals surface area contributed by atoms with Crippen LogP contribution in [0.1, 0.15) is 44.8 Å². The lowest BCUT2D eigenvalue weighted by atomic mass is 9.76. The second-order valence-electron chi connectivity index (χ2n) is 5.17. The minimum atomic E-state index is -0.666. The molecule has 106 valence electrons. The molecule has 1 aliphatic heterocycles. The Labute approximate surface area is 112 Å². The lowest BCUT2D eigenvalue weighted by Crippen LogP contribution is -2.43. The fraction of sp³-hybridized carbons (Fsp3) is 0.769. The zero-order valence-electron chi connectivity index (χ0n) is 11.6. The number of carboxylic acid groups (broad SMARTS) is 1. The predicted molar refractivity (Wildman–Crippen MR) is 68.5 cm³/mol. The lowest BCUT2D eigenvalue weighted by molar-refractivity contribution is -0.152. The molecule has 0 amide bonds. The van der Waals surface area contributed by atoms with Gasteiger partial charge in [0, 0.05) is 6.42 Å². The van der Waals surface area contributed by atoms with Gasteiger partial charge in [-0.15, -0.1) is 0 Å². The van der Waals surface area contributed by atoms with Crippen LogP contribution in [0, 0.1) is 5.41 Å². The molecule has 0 spiro atoms. The summed E-state index contributed by atoms with van der Waals surface area (Å²) in [5, 5.41) is 13.2. The van der Waals surface area contributed by atoms with E-state index in [0.29, 0.717) is 31.7 Å². The largest absolute Gasteiger partial charge is 0.481 e. The van der Waals surface area contributed by atoms with Gasteiger partial charge in [-0.05, 0) is 32.4 Å². The maximum absolute atomic E-state index is 11.4. The van der Waals surface area contributed by atoms with Gasteiger partial charge in [0.1, 0.15) is 0 Å². The molecule has 6 nitrogen and oxygen atoms in total. The average Bonchev–Trinajstić information content (AvgIpc) is 2.87. The first-order valence-electron chi connectivity index (χ1n) is 6.87. The van der Waals surface area contributed by atoms with Crippen molar-refractivity contribution in [1.29, 1.82) is 0 Å². The van der Waals surface area contributed by atoms with Crippen LogP contribution in [0.2, 0.25) is 0 Å². The zero-order valence-corrected chi connectivity index (χ0v) is 11.6. The quantitative estimate of drug-likeness (QED) is 0.874. The Morgan fingerprint density at radius 1 is 1.42 bits per heavy atom. The van der Waals surface area contributed by atoms with Crippen LogP contribution in [0.4, 0.5) is 0 Å². The number of aryl methyl sites for hydroxylation is 1. The van der Waals surface area contributed by atoms with Gasteiger partial charge in [-0.25, -0.2) is 0 Å². The van der Waals surface area contributed by atoms with Crippen LogP contribution < -0.4 is 0 Å². The third kappa shape index (κ3) is 2.94. The highest BCUT2D eigenvalue weighted by molar-refractivity contribution is 5.74. The summed E-state index contributed by atoms with van der Waals surface area (Å²) in [4.78, 5) is 17.8. The van der Waals surface area contributed by atoms with Crippen molar-refractivity contribution >= 4 is 5.97 Å². The first kappa shape index (κ1) is 14.0. The number of carboxylic acids is 1. The number of nitrogens with zero attached hydrogens (tertiary/aromatic N) is 3. The molecule has 1 aromatic heterocycles. The van der Waals surface area contributed by atoms with Crippen molar-refractivity contribution in [2.75, 3.05) is 13.1 Å². The maximum Gasteiger partial charge on any atom is 0.309 e. The molecule has 19 heavy (non-hydrogen) atoms. The van der Waals surface area contributed by atoms with E-state index in [9.17, 15) is 9.90 Å². The van der Waals surface area contributed by atoms with Gasteiger partial charge in [0.15, 0.2) is 5.82 Å². The van der Waals surface area contributed by atoms with E-state index in [4.69, 9.17) is 4.52 Å². The monoisotopic (exact) mass is 267 g/mol. The van der Waals surface area contributed by atoms with Gasteiger partial charge in [-0.3, -0.25) is 9.69 Å². The molecule has 0 bridgehead atoms. The fourth-order valence-electron chi connectivity index (χ4n) is 2.55. The minimum absolute atomic E-state index is 0.542. The van der Waals surface area contributed by atoms with Gasteiger partial charge in [0.25, 0.3) is 0 Å². The molecule has 1 saturated heterocycles. The Morgan fingerprint density at radius 2 is 2.11 bits per heavy atom. The summed E-state index contributed by atoms with van der Waals surface area (Å²) in [5.74, 6) is 0.678. The average molecular weight is 267 g/mol. The van der Waals surface area contributed by atoms with E-state index in [0.717, 1.165) is 25.3 Å². The fourth-order valence-corrected chi connectivity index (χ4v) is 2.55. The molecule has 0 radical (unpaired) electrons. The number of aliphatic carboxylic acids is 1. The molecule has 0 saturated carbocycles. The van der Waals surface area contributed by atoms with Gasteiger partial charge < -0.3 is 9.63 Å². The van der Waals surface area contributed by atoms with Gasteiger partial charge in [0.05, 0.1) is 12.0 Å². The second-order valence-corrected chi connectivity index (χ2v) is 5.17. The number of carbonyl (C=O) groups is 1. The van der Waals surface area contributed by atoms with E-state index in [1.807, 2.05) is 13.8 Å². The third-order valence-corrected chi connectivity index (χ3v) is 4.13. The zero-order chi connectivity index (χ0) is 13.9. The van der Waals surface area contributed by atoms with Gasteiger partial charge in [-0.1, -0.05) is 19.0 Å². The van der Waals surface area contributed by atoms with Crippen molar-refractivity contribution in [1.82, 2.24) is 15.0 Å². The smallest absolute Gasteiger partial charge is 0.309 e. The Balaban J connectivity index is 1.91. The van der Waals surface area contributed by atoms with E-state index in [-0.39, 0.29) is 0 Å². The predicted octanol–water partition coefficient (Wildman–Crippen LogP) is 1.71. The van der Waals surface area contributed by atoms with Crippen molar-refractivity contribution in [3.8, 4) is 0 Å². The number of piperidine rings is 1. The number of rotatable bonds is 5. The summed E-state index contributed by atoms with van der Waals surface area (Å²) in [6.07, 6.45) is 2.83. The van der Waals surface area contributed by atoms with Crippen molar-refractivity contribution in [2.45, 2.75) is 46.1 Å². The Kier molecular flexibility index (Phi) is 4.19. The molecule has 6 heteroatoms. The molecule has 0 aromatic carbocycles. The van der Waals surface area contributed by atoms with Gasteiger partial charge >= 0.3 is 5.97 Å². The molecule has 0 aliphatic carbocycles. The summed E-state index contributed by atoms with van der Waals surface area (Å²) in [7, 11) is 0. The number of hydrogen-bond donors (Lipinski definition) is 1. The van der Waals surface area contributed by atoms with Crippen LogP contribution in [-0.4, -0.2) is 39.2 Å². The highest BCUT2D eigenvalue weighted by Gasteiger charge is 2.39. The Hall–Kier alpha value is -1.43. The summed E-state index contributed by atoms with van der Waals surface area (Å²) < 4.78 is 5.16. The molecular weight excluding hydrogens is 246 g/mol. The van der Waals surface area contributed by atoms with Crippen LogP contribution in [0.3, 0.4) is 0 Å². The number of aromatic nitrogens is 2. The maximum atomic E-state index is 11.4. The minimum Gasteiger partial charge on any atom is -0.481 e. The van der Waals surface area contributed by atoms with Gasteiger partial charge in [-0.2, -0.15) is 4.98 Å². The second kappa shape index (κ2) is 5.69. The van der Waals surface area contributed by atoms with E-state index in [1.54, 1.807) is 0 Å². The summed E-state index contributed by atoms with van der Waals surface area (Å²) in [6.45, 7) is 6.09. The highest BCUT2D eigenvalue weighted by Crippen LogP contribution is 2.35. The molecule has 1 N–H and O–H groups in total. The van der Waals surface area contributed by atoms with Crippen LogP contribution in [0.5, 0.6) is 0 Å². The van der Waals surface area contributed by atoms with Crippen molar-refractivity contribution in [3.05, 3.63) is 11.7 Å². The van der Waals surface area contributed by atoms with Crippen molar-refractivity contribution < 1.29 is 14.4 Å². The van der Waals surface area contributed by atoms with Crippen LogP contribution in [-0.2, 0) is 17.8 Å². The molecule has 1 aromatic rings. The van der Waals surface area contributed by atoms with Crippen LogP contribution >= 0.6 is 0 Å². The first-order chi connectivity index (χ1) is 9.09. The molecule has 1 fully saturated rings. The van der Waals surface area contributed by atoms with Crippen LogP contribution in [0.25, 0.3) is 0 Å². The van der Waals surface area contributed by atoms with E-state index < -0.39 is 11.4 Å². The normalized spacial score (nSPS) is 19.5. The summed E-state index contributed by atoms with van der Waals surface area (Å²) >= 11 is 0. The molecule has 2 heterocycles. The highest BCUT2D eigenvalue weighted by atomic mass is 16.5. The molecule has 1 aliphatic rings. The van der Waals surface area contributed by atoms with E-state index >= 15 is 0 Å². The molecule has 0 unspecified atom stereocenters. The molecule has 0 atom stereocenters. The van der Waals surface area contributed by atoms with Gasteiger partial charge in [0.2, 0.25) is 5.89 Å².